The van der Waals surface area contributed by atoms with Crippen LogP contribution in [0.2, 0.25) is 0 Å². The van der Waals surface area contributed by atoms with Gasteiger partial charge < -0.3 is 20.5 Å². The molecule has 1 saturated heterocycles. The quantitative estimate of drug-likeness (QED) is 0.657. The Hall–Kier alpha value is -1.14. The molecule has 1 fully saturated rings. The summed E-state index contributed by atoms with van der Waals surface area (Å²) in [7, 11) is 0. The molecule has 0 saturated carbocycles. The van der Waals surface area contributed by atoms with Crippen LogP contribution in [0.4, 0.5) is 0 Å². The number of carboxylic acids is 1. The second kappa shape index (κ2) is 6.70. The minimum Gasteiger partial charge on any atom is -0.481 e. The van der Waals surface area contributed by atoms with Crippen LogP contribution in [0.15, 0.2) is 0 Å². The maximum absolute atomic E-state index is 11.8. The number of carbonyl (C=O) groups is 2. The van der Waals surface area contributed by atoms with E-state index in [4.69, 9.17) is 10.5 Å². The first-order valence-electron chi connectivity index (χ1n) is 6.34. The van der Waals surface area contributed by atoms with Crippen molar-refractivity contribution in [2.24, 2.45) is 11.1 Å². The van der Waals surface area contributed by atoms with E-state index in [-0.39, 0.29) is 12.5 Å². The Morgan fingerprint density at radius 2 is 2.00 bits per heavy atom. The minimum atomic E-state index is -0.753. The van der Waals surface area contributed by atoms with Crippen LogP contribution in [-0.4, -0.2) is 54.7 Å². The molecule has 0 unspecified atom stereocenters. The van der Waals surface area contributed by atoms with Gasteiger partial charge in [-0.2, -0.15) is 0 Å². The van der Waals surface area contributed by atoms with Crippen LogP contribution in [0, 0.1) is 5.41 Å². The first-order valence-corrected chi connectivity index (χ1v) is 6.34. The number of likely N-dealkylation sites (tertiary alicyclic amines) is 1. The van der Waals surface area contributed by atoms with Gasteiger partial charge in [0.25, 0.3) is 0 Å². The van der Waals surface area contributed by atoms with Crippen molar-refractivity contribution in [1.82, 2.24) is 4.90 Å². The van der Waals surface area contributed by atoms with Gasteiger partial charge in [0.15, 0.2) is 0 Å². The topological polar surface area (TPSA) is 92.9 Å². The maximum atomic E-state index is 11.8. The van der Waals surface area contributed by atoms with Crippen molar-refractivity contribution in [1.29, 1.82) is 0 Å². The Balaban J connectivity index is 2.43. The lowest BCUT2D eigenvalue weighted by molar-refractivity contribution is -0.155. The highest BCUT2D eigenvalue weighted by Crippen LogP contribution is 2.35. The predicted molar refractivity (Wildman–Crippen MR) is 66.0 cm³/mol. The zero-order valence-corrected chi connectivity index (χ0v) is 10.9. The summed E-state index contributed by atoms with van der Waals surface area (Å²) in [6.07, 6.45) is 1.64. The van der Waals surface area contributed by atoms with Gasteiger partial charge in [0, 0.05) is 19.6 Å². The zero-order valence-electron chi connectivity index (χ0n) is 10.9. The number of rotatable bonds is 6. The van der Waals surface area contributed by atoms with Gasteiger partial charge in [-0.25, -0.2) is 0 Å². The normalized spacial score (nSPS) is 18.7. The van der Waals surface area contributed by atoms with Crippen LogP contribution in [0.5, 0.6) is 0 Å². The Morgan fingerprint density at radius 3 is 2.44 bits per heavy atom. The summed E-state index contributed by atoms with van der Waals surface area (Å²) in [4.78, 5) is 24.7. The van der Waals surface area contributed by atoms with Crippen molar-refractivity contribution in [2.75, 3.05) is 32.8 Å². The lowest BCUT2D eigenvalue weighted by atomic mass is 9.76. The lowest BCUT2D eigenvalue weighted by Gasteiger charge is -2.38. The summed E-state index contributed by atoms with van der Waals surface area (Å²) < 4.78 is 5.09. The van der Waals surface area contributed by atoms with Gasteiger partial charge in [-0.15, -0.1) is 0 Å². The van der Waals surface area contributed by atoms with Crippen LogP contribution in [0.1, 0.15) is 26.2 Å². The standard InChI is InChI=1S/C12H22N2O4/c1-2-12(11(16)17)3-6-14(7-4-12)10(15)9-18-8-5-13/h2-9,13H2,1H3,(H,16,17). The van der Waals surface area contributed by atoms with Crippen LogP contribution < -0.4 is 5.73 Å². The molecular formula is C12H22N2O4. The number of aliphatic carboxylic acids is 1. The van der Waals surface area contributed by atoms with Gasteiger partial charge >= 0.3 is 5.97 Å². The number of nitrogens with zero attached hydrogens (tertiary/aromatic N) is 1. The van der Waals surface area contributed by atoms with Gasteiger partial charge in [0.05, 0.1) is 12.0 Å². The molecule has 1 rings (SSSR count). The number of ether oxygens (including phenoxy) is 1. The van der Waals surface area contributed by atoms with Crippen molar-refractivity contribution in [3.63, 3.8) is 0 Å². The molecule has 1 heterocycles. The average molecular weight is 258 g/mol. The number of piperidine rings is 1. The third-order valence-corrected chi connectivity index (χ3v) is 3.69. The van der Waals surface area contributed by atoms with Gasteiger partial charge in [-0.05, 0) is 19.3 Å². The lowest BCUT2D eigenvalue weighted by Crippen LogP contribution is -2.47. The van der Waals surface area contributed by atoms with E-state index in [2.05, 4.69) is 0 Å². The largest absolute Gasteiger partial charge is 0.481 e. The van der Waals surface area contributed by atoms with E-state index in [0.29, 0.717) is 45.5 Å². The summed E-state index contributed by atoms with van der Waals surface area (Å²) in [5.74, 6) is -0.838. The fourth-order valence-electron chi connectivity index (χ4n) is 2.24. The number of amides is 1. The molecule has 0 spiro atoms. The van der Waals surface area contributed by atoms with E-state index in [1.165, 1.54) is 0 Å². The molecular weight excluding hydrogens is 236 g/mol. The van der Waals surface area contributed by atoms with Crippen molar-refractivity contribution in [3.8, 4) is 0 Å². The molecule has 6 heteroatoms. The fraction of sp³-hybridized carbons (Fsp3) is 0.833. The minimum absolute atomic E-state index is 0.0311. The second-order valence-corrected chi connectivity index (χ2v) is 4.66. The number of hydrogen-bond acceptors (Lipinski definition) is 4. The van der Waals surface area contributed by atoms with E-state index in [0.717, 1.165) is 0 Å². The van der Waals surface area contributed by atoms with Crippen molar-refractivity contribution < 1.29 is 19.4 Å². The van der Waals surface area contributed by atoms with Gasteiger partial charge in [-0.3, -0.25) is 9.59 Å². The van der Waals surface area contributed by atoms with Gasteiger partial charge in [0.1, 0.15) is 6.61 Å². The highest BCUT2D eigenvalue weighted by Gasteiger charge is 2.40. The summed E-state index contributed by atoms with van der Waals surface area (Å²) in [5, 5.41) is 9.24. The molecule has 0 aliphatic carbocycles. The number of carboxylic acid groups (broad SMARTS) is 1. The summed E-state index contributed by atoms with van der Waals surface area (Å²) in [6.45, 7) is 3.66. The Labute approximate surface area is 107 Å². The van der Waals surface area contributed by atoms with Crippen molar-refractivity contribution in [2.45, 2.75) is 26.2 Å². The van der Waals surface area contributed by atoms with E-state index >= 15 is 0 Å². The molecule has 1 aliphatic heterocycles. The first kappa shape index (κ1) is 14.9. The zero-order chi connectivity index (χ0) is 13.6. The van der Waals surface area contributed by atoms with Crippen LogP contribution in [0.3, 0.4) is 0 Å². The Bertz CT molecular complexity index is 298. The van der Waals surface area contributed by atoms with E-state index in [9.17, 15) is 14.7 Å². The predicted octanol–water partition coefficient (Wildman–Crippen LogP) is 0.0651. The van der Waals surface area contributed by atoms with Gasteiger partial charge in [-0.1, -0.05) is 6.92 Å². The van der Waals surface area contributed by atoms with Crippen molar-refractivity contribution >= 4 is 11.9 Å². The Morgan fingerprint density at radius 1 is 1.39 bits per heavy atom. The summed E-state index contributed by atoms with van der Waals surface area (Å²) in [5.41, 5.74) is 4.61. The van der Waals surface area contributed by atoms with Crippen molar-refractivity contribution in [3.05, 3.63) is 0 Å². The van der Waals surface area contributed by atoms with E-state index in [1.807, 2.05) is 6.92 Å². The van der Waals surface area contributed by atoms with E-state index in [1.54, 1.807) is 4.90 Å². The molecule has 1 amide bonds. The van der Waals surface area contributed by atoms with Gasteiger partial charge in [0.2, 0.25) is 5.91 Å². The maximum Gasteiger partial charge on any atom is 0.309 e. The molecule has 1 aliphatic rings. The van der Waals surface area contributed by atoms with Crippen LogP contribution in [-0.2, 0) is 14.3 Å². The summed E-state index contributed by atoms with van der Waals surface area (Å²) in [6, 6.07) is 0. The molecule has 0 aromatic heterocycles. The number of carbonyl (C=O) groups excluding carboxylic acids is 1. The van der Waals surface area contributed by atoms with E-state index < -0.39 is 11.4 Å². The van der Waals surface area contributed by atoms with Crippen LogP contribution in [0.25, 0.3) is 0 Å². The highest BCUT2D eigenvalue weighted by atomic mass is 16.5. The monoisotopic (exact) mass is 258 g/mol. The molecule has 6 nitrogen and oxygen atoms in total. The molecule has 0 atom stereocenters. The molecule has 3 N–H and O–H groups in total. The molecule has 0 aromatic carbocycles. The van der Waals surface area contributed by atoms with Crippen LogP contribution >= 0.6 is 0 Å². The Kier molecular flexibility index (Phi) is 5.55. The average Bonchev–Trinajstić information content (AvgIpc) is 2.38. The molecule has 0 bridgehead atoms. The smallest absolute Gasteiger partial charge is 0.309 e. The molecule has 104 valence electrons. The molecule has 0 aromatic rings. The molecule has 0 radical (unpaired) electrons. The number of nitrogens with two attached hydrogens (primary N) is 1. The second-order valence-electron chi connectivity index (χ2n) is 4.66. The fourth-order valence-corrected chi connectivity index (χ4v) is 2.24. The highest BCUT2D eigenvalue weighted by molar-refractivity contribution is 5.79. The first-order chi connectivity index (χ1) is 8.55. The molecule has 18 heavy (non-hydrogen) atoms. The summed E-state index contributed by atoms with van der Waals surface area (Å²) >= 11 is 0. The third kappa shape index (κ3) is 3.43. The number of hydrogen-bond donors (Lipinski definition) is 2. The SMILES string of the molecule is CCC1(C(=O)O)CCN(C(=O)COCCN)CC1. The third-order valence-electron chi connectivity index (χ3n) is 3.69.